The van der Waals surface area contributed by atoms with Crippen LogP contribution >= 0.6 is 11.6 Å². The van der Waals surface area contributed by atoms with Gasteiger partial charge in [0.25, 0.3) is 0 Å². The molecule has 0 aromatic heterocycles. The van der Waals surface area contributed by atoms with E-state index < -0.39 is 6.10 Å². The number of rotatable bonds is 5. The standard InChI is InChI=1S/C10H14ClNO2/c11-9-3-1-8(2-4-9)10(14)7-12-5-6-13/h1-4,10,12-14H,5-7H2/t10-/m1/s1. The van der Waals surface area contributed by atoms with E-state index in [1.54, 1.807) is 24.3 Å². The maximum atomic E-state index is 9.65. The molecule has 0 aliphatic carbocycles. The summed E-state index contributed by atoms with van der Waals surface area (Å²) >= 11 is 5.71. The van der Waals surface area contributed by atoms with Gasteiger partial charge >= 0.3 is 0 Å². The number of halogens is 1. The zero-order chi connectivity index (χ0) is 10.4. The minimum Gasteiger partial charge on any atom is -0.395 e. The average molecular weight is 216 g/mol. The third-order valence-corrected chi connectivity index (χ3v) is 2.13. The fraction of sp³-hybridized carbons (Fsp3) is 0.400. The van der Waals surface area contributed by atoms with Gasteiger partial charge in [0.15, 0.2) is 0 Å². The zero-order valence-electron chi connectivity index (χ0n) is 7.78. The van der Waals surface area contributed by atoms with E-state index >= 15 is 0 Å². The van der Waals surface area contributed by atoms with Crippen LogP contribution in [0.2, 0.25) is 5.02 Å². The molecule has 0 aliphatic rings. The van der Waals surface area contributed by atoms with Gasteiger partial charge in [0.1, 0.15) is 0 Å². The molecule has 0 fully saturated rings. The second-order valence-electron chi connectivity index (χ2n) is 3.00. The third-order valence-electron chi connectivity index (χ3n) is 1.88. The van der Waals surface area contributed by atoms with Gasteiger partial charge in [-0.3, -0.25) is 0 Å². The van der Waals surface area contributed by atoms with E-state index in [0.717, 1.165) is 5.56 Å². The van der Waals surface area contributed by atoms with Crippen molar-refractivity contribution in [2.45, 2.75) is 6.10 Å². The van der Waals surface area contributed by atoms with E-state index in [4.69, 9.17) is 16.7 Å². The maximum absolute atomic E-state index is 9.65. The summed E-state index contributed by atoms with van der Waals surface area (Å²) < 4.78 is 0. The van der Waals surface area contributed by atoms with E-state index in [1.165, 1.54) is 0 Å². The molecule has 0 amide bonds. The Balaban J connectivity index is 2.43. The molecule has 1 rings (SSSR count). The first kappa shape index (κ1) is 11.5. The minimum atomic E-state index is -0.557. The lowest BCUT2D eigenvalue weighted by Crippen LogP contribution is -2.24. The van der Waals surface area contributed by atoms with Gasteiger partial charge in [-0.1, -0.05) is 23.7 Å². The second-order valence-corrected chi connectivity index (χ2v) is 3.43. The molecule has 0 spiro atoms. The number of benzene rings is 1. The number of aliphatic hydroxyl groups is 2. The quantitative estimate of drug-likeness (QED) is 0.642. The van der Waals surface area contributed by atoms with Gasteiger partial charge in [0.2, 0.25) is 0 Å². The lowest BCUT2D eigenvalue weighted by Gasteiger charge is -2.11. The molecule has 3 N–H and O–H groups in total. The lowest BCUT2D eigenvalue weighted by atomic mass is 10.1. The highest BCUT2D eigenvalue weighted by molar-refractivity contribution is 6.30. The molecule has 78 valence electrons. The van der Waals surface area contributed by atoms with Gasteiger partial charge in [-0.15, -0.1) is 0 Å². The van der Waals surface area contributed by atoms with E-state index in [-0.39, 0.29) is 6.61 Å². The van der Waals surface area contributed by atoms with Crippen LogP contribution in [-0.4, -0.2) is 29.9 Å². The Labute approximate surface area is 88.3 Å². The SMILES string of the molecule is OCCNC[C@@H](O)c1ccc(Cl)cc1. The highest BCUT2D eigenvalue weighted by Crippen LogP contribution is 2.15. The van der Waals surface area contributed by atoms with Gasteiger partial charge in [0, 0.05) is 18.1 Å². The fourth-order valence-electron chi connectivity index (χ4n) is 1.12. The molecule has 0 saturated carbocycles. The van der Waals surface area contributed by atoms with E-state index in [9.17, 15) is 5.11 Å². The topological polar surface area (TPSA) is 52.5 Å². The predicted octanol–water partition coefficient (Wildman–Crippen LogP) is 0.955. The van der Waals surface area contributed by atoms with Crippen LogP contribution in [0.3, 0.4) is 0 Å². The maximum Gasteiger partial charge on any atom is 0.0914 e. The van der Waals surface area contributed by atoms with Gasteiger partial charge in [-0.25, -0.2) is 0 Å². The Morgan fingerprint density at radius 3 is 2.50 bits per heavy atom. The van der Waals surface area contributed by atoms with Crippen molar-refractivity contribution in [1.29, 1.82) is 0 Å². The van der Waals surface area contributed by atoms with Crippen LogP contribution in [0.1, 0.15) is 11.7 Å². The van der Waals surface area contributed by atoms with Crippen molar-refractivity contribution in [3.8, 4) is 0 Å². The molecule has 0 bridgehead atoms. The smallest absolute Gasteiger partial charge is 0.0914 e. The molecule has 1 aromatic rings. The van der Waals surface area contributed by atoms with Gasteiger partial charge in [0.05, 0.1) is 12.7 Å². The highest BCUT2D eigenvalue weighted by Gasteiger charge is 2.05. The van der Waals surface area contributed by atoms with Crippen LogP contribution < -0.4 is 5.32 Å². The first-order chi connectivity index (χ1) is 6.74. The molecular formula is C10H14ClNO2. The zero-order valence-corrected chi connectivity index (χ0v) is 8.54. The van der Waals surface area contributed by atoms with Crippen LogP contribution in [0.25, 0.3) is 0 Å². The first-order valence-electron chi connectivity index (χ1n) is 4.49. The Hall–Kier alpha value is -0.610. The van der Waals surface area contributed by atoms with Crippen molar-refractivity contribution in [3.63, 3.8) is 0 Å². The molecule has 0 radical (unpaired) electrons. The molecule has 0 heterocycles. The number of hydrogen-bond acceptors (Lipinski definition) is 3. The second kappa shape index (κ2) is 5.98. The summed E-state index contributed by atoms with van der Waals surface area (Å²) in [6.45, 7) is 1.00. The van der Waals surface area contributed by atoms with E-state index in [2.05, 4.69) is 5.32 Å². The van der Waals surface area contributed by atoms with Crippen molar-refractivity contribution < 1.29 is 10.2 Å². The minimum absolute atomic E-state index is 0.0767. The third kappa shape index (κ3) is 3.64. The lowest BCUT2D eigenvalue weighted by molar-refractivity contribution is 0.171. The van der Waals surface area contributed by atoms with Crippen molar-refractivity contribution in [2.75, 3.05) is 19.7 Å². The Morgan fingerprint density at radius 1 is 1.29 bits per heavy atom. The molecule has 14 heavy (non-hydrogen) atoms. The van der Waals surface area contributed by atoms with E-state index in [0.29, 0.717) is 18.1 Å². The molecule has 4 heteroatoms. The summed E-state index contributed by atoms with van der Waals surface area (Å²) in [6.07, 6.45) is -0.557. The first-order valence-corrected chi connectivity index (χ1v) is 4.87. The summed E-state index contributed by atoms with van der Waals surface area (Å²) in [5, 5.41) is 21.7. The Kier molecular flexibility index (Phi) is 4.90. The molecule has 1 atom stereocenters. The molecule has 1 aromatic carbocycles. The van der Waals surface area contributed by atoms with Gasteiger partial charge < -0.3 is 15.5 Å². The molecule has 0 saturated heterocycles. The number of nitrogens with one attached hydrogen (secondary N) is 1. The predicted molar refractivity (Wildman–Crippen MR) is 56.4 cm³/mol. The number of aliphatic hydroxyl groups excluding tert-OH is 2. The number of hydrogen-bond donors (Lipinski definition) is 3. The summed E-state index contributed by atoms with van der Waals surface area (Å²) in [7, 11) is 0. The van der Waals surface area contributed by atoms with Crippen LogP contribution in [0.4, 0.5) is 0 Å². The molecule has 0 unspecified atom stereocenters. The summed E-state index contributed by atoms with van der Waals surface area (Å²) in [5.74, 6) is 0. The van der Waals surface area contributed by atoms with Crippen LogP contribution in [0.15, 0.2) is 24.3 Å². The monoisotopic (exact) mass is 215 g/mol. The van der Waals surface area contributed by atoms with E-state index in [1.807, 2.05) is 0 Å². The van der Waals surface area contributed by atoms with Crippen LogP contribution in [0.5, 0.6) is 0 Å². The Bertz CT molecular complexity index is 263. The van der Waals surface area contributed by atoms with Crippen molar-refractivity contribution >= 4 is 11.6 Å². The summed E-state index contributed by atoms with van der Waals surface area (Å²) in [4.78, 5) is 0. The van der Waals surface area contributed by atoms with Crippen LogP contribution in [0, 0.1) is 0 Å². The average Bonchev–Trinajstić information content (AvgIpc) is 2.19. The van der Waals surface area contributed by atoms with Crippen molar-refractivity contribution in [3.05, 3.63) is 34.9 Å². The molecule has 3 nitrogen and oxygen atoms in total. The molecular weight excluding hydrogens is 202 g/mol. The fourth-order valence-corrected chi connectivity index (χ4v) is 1.25. The Morgan fingerprint density at radius 2 is 1.93 bits per heavy atom. The highest BCUT2D eigenvalue weighted by atomic mass is 35.5. The van der Waals surface area contributed by atoms with Crippen LogP contribution in [-0.2, 0) is 0 Å². The summed E-state index contributed by atoms with van der Waals surface area (Å²) in [5.41, 5.74) is 0.819. The van der Waals surface area contributed by atoms with Crippen molar-refractivity contribution in [1.82, 2.24) is 5.32 Å². The summed E-state index contributed by atoms with van der Waals surface area (Å²) in [6, 6.07) is 7.06. The molecule has 0 aliphatic heterocycles. The van der Waals surface area contributed by atoms with Crippen molar-refractivity contribution in [2.24, 2.45) is 0 Å². The largest absolute Gasteiger partial charge is 0.395 e. The van der Waals surface area contributed by atoms with Gasteiger partial charge in [-0.2, -0.15) is 0 Å². The van der Waals surface area contributed by atoms with Gasteiger partial charge in [-0.05, 0) is 17.7 Å². The normalized spacial score (nSPS) is 12.8.